The fraction of sp³-hybridized carbons (Fsp3) is 0.185. The third-order valence-corrected chi connectivity index (χ3v) is 6.49. The Morgan fingerprint density at radius 2 is 1.41 bits per heavy atom. The van der Waals surface area contributed by atoms with Gasteiger partial charge < -0.3 is 5.11 Å². The number of hydrogen-bond acceptors (Lipinski definition) is 4. The average molecular weight is 452 g/mol. The SMILES string of the molecule is C=CCN(C(=O)O)C1(c2nnn(C(c3ccccc3)(c3ccccc3)c3ccccc3)n2)CC1. The summed E-state index contributed by atoms with van der Waals surface area (Å²) in [5, 5.41) is 23.7. The molecule has 170 valence electrons. The maximum Gasteiger partial charge on any atom is 0.408 e. The van der Waals surface area contributed by atoms with E-state index in [4.69, 9.17) is 5.10 Å². The van der Waals surface area contributed by atoms with Crippen LogP contribution in [0.25, 0.3) is 0 Å². The van der Waals surface area contributed by atoms with Gasteiger partial charge in [-0.3, -0.25) is 4.90 Å². The van der Waals surface area contributed by atoms with Gasteiger partial charge >= 0.3 is 6.09 Å². The Bertz CT molecular complexity index is 1190. The molecule has 3 aromatic carbocycles. The van der Waals surface area contributed by atoms with E-state index in [1.807, 2.05) is 54.6 Å². The van der Waals surface area contributed by atoms with Crippen LogP contribution in [0.1, 0.15) is 35.4 Å². The van der Waals surface area contributed by atoms with Gasteiger partial charge in [-0.05, 0) is 34.7 Å². The Morgan fingerprint density at radius 1 is 0.941 bits per heavy atom. The zero-order chi connectivity index (χ0) is 23.6. The summed E-state index contributed by atoms with van der Waals surface area (Å²) in [4.78, 5) is 15.0. The summed E-state index contributed by atoms with van der Waals surface area (Å²) in [6.45, 7) is 3.91. The lowest BCUT2D eigenvalue weighted by Crippen LogP contribution is -2.42. The molecule has 1 aromatic heterocycles. The summed E-state index contributed by atoms with van der Waals surface area (Å²) in [5.74, 6) is 0.406. The van der Waals surface area contributed by atoms with Crippen molar-refractivity contribution < 1.29 is 9.90 Å². The minimum absolute atomic E-state index is 0.199. The maximum atomic E-state index is 12.0. The predicted molar refractivity (Wildman–Crippen MR) is 128 cm³/mol. The third kappa shape index (κ3) is 3.37. The Labute approximate surface area is 198 Å². The molecule has 0 spiro atoms. The summed E-state index contributed by atoms with van der Waals surface area (Å²) >= 11 is 0. The molecule has 7 nitrogen and oxygen atoms in total. The third-order valence-electron chi connectivity index (χ3n) is 6.49. The number of carboxylic acid groups (broad SMARTS) is 1. The van der Waals surface area contributed by atoms with Gasteiger partial charge in [0.1, 0.15) is 5.54 Å². The van der Waals surface area contributed by atoms with Gasteiger partial charge in [0, 0.05) is 6.54 Å². The van der Waals surface area contributed by atoms with Crippen LogP contribution in [-0.4, -0.2) is 42.9 Å². The first-order valence-electron chi connectivity index (χ1n) is 11.2. The quantitative estimate of drug-likeness (QED) is 0.311. The maximum absolute atomic E-state index is 12.0. The van der Waals surface area contributed by atoms with Crippen LogP contribution >= 0.6 is 0 Å². The zero-order valence-electron chi connectivity index (χ0n) is 18.7. The van der Waals surface area contributed by atoms with Crippen LogP contribution in [0.2, 0.25) is 0 Å². The number of tetrazole rings is 1. The van der Waals surface area contributed by atoms with Crippen LogP contribution in [-0.2, 0) is 11.1 Å². The van der Waals surface area contributed by atoms with Crippen LogP contribution in [0.4, 0.5) is 4.79 Å². The van der Waals surface area contributed by atoms with Crippen molar-refractivity contribution in [2.45, 2.75) is 23.9 Å². The van der Waals surface area contributed by atoms with Crippen LogP contribution < -0.4 is 0 Å². The average Bonchev–Trinajstić information content (AvgIpc) is 3.53. The normalized spacial score (nSPS) is 14.4. The number of nitrogens with zero attached hydrogens (tertiary/aromatic N) is 5. The fourth-order valence-corrected chi connectivity index (χ4v) is 4.72. The van der Waals surface area contributed by atoms with Gasteiger partial charge in [0.2, 0.25) is 5.82 Å². The molecular formula is C27H25N5O2. The van der Waals surface area contributed by atoms with Crippen LogP contribution in [0.15, 0.2) is 104 Å². The number of aromatic nitrogens is 4. The largest absolute Gasteiger partial charge is 0.465 e. The number of benzene rings is 3. The number of amides is 1. The second kappa shape index (κ2) is 8.59. The van der Waals surface area contributed by atoms with E-state index in [0.717, 1.165) is 16.7 Å². The van der Waals surface area contributed by atoms with Gasteiger partial charge in [-0.15, -0.1) is 21.6 Å². The monoisotopic (exact) mass is 451 g/mol. The van der Waals surface area contributed by atoms with E-state index in [1.54, 1.807) is 10.9 Å². The van der Waals surface area contributed by atoms with Crippen LogP contribution in [0, 0.1) is 0 Å². The second-order valence-electron chi connectivity index (χ2n) is 8.42. The lowest BCUT2D eigenvalue weighted by Gasteiger charge is -2.34. The minimum Gasteiger partial charge on any atom is -0.465 e. The predicted octanol–water partition coefficient (Wildman–Crippen LogP) is 4.67. The second-order valence-corrected chi connectivity index (χ2v) is 8.42. The first-order chi connectivity index (χ1) is 16.6. The molecule has 4 aromatic rings. The van der Waals surface area contributed by atoms with Gasteiger partial charge in [-0.25, -0.2) is 4.79 Å². The first kappa shape index (κ1) is 21.6. The minimum atomic E-state index is -1.02. The van der Waals surface area contributed by atoms with E-state index in [2.05, 4.69) is 53.3 Å². The molecule has 34 heavy (non-hydrogen) atoms. The highest BCUT2D eigenvalue weighted by Gasteiger charge is 2.56. The highest BCUT2D eigenvalue weighted by molar-refractivity contribution is 5.67. The smallest absolute Gasteiger partial charge is 0.408 e. The summed E-state index contributed by atoms with van der Waals surface area (Å²) in [7, 11) is 0. The molecule has 0 aliphatic heterocycles. The molecular weight excluding hydrogens is 426 g/mol. The fourth-order valence-electron chi connectivity index (χ4n) is 4.72. The molecule has 1 aliphatic rings. The summed E-state index contributed by atoms with van der Waals surface area (Å²) in [6, 6.07) is 30.2. The number of carbonyl (C=O) groups is 1. The van der Waals surface area contributed by atoms with Crippen molar-refractivity contribution in [1.82, 2.24) is 25.1 Å². The van der Waals surface area contributed by atoms with E-state index in [9.17, 15) is 9.90 Å². The molecule has 1 amide bonds. The van der Waals surface area contributed by atoms with Gasteiger partial charge in [0.25, 0.3) is 0 Å². The number of hydrogen-bond donors (Lipinski definition) is 1. The highest BCUT2D eigenvalue weighted by atomic mass is 16.4. The molecule has 0 radical (unpaired) electrons. The lowest BCUT2D eigenvalue weighted by atomic mass is 9.77. The van der Waals surface area contributed by atoms with Crippen molar-refractivity contribution in [3.05, 3.63) is 126 Å². The first-order valence-corrected chi connectivity index (χ1v) is 11.2. The van der Waals surface area contributed by atoms with Crippen molar-refractivity contribution in [2.24, 2.45) is 0 Å². The Hall–Kier alpha value is -4.26. The van der Waals surface area contributed by atoms with Gasteiger partial charge in [-0.2, -0.15) is 0 Å². The molecule has 0 atom stereocenters. The molecule has 1 heterocycles. The van der Waals surface area contributed by atoms with Gasteiger partial charge in [0.15, 0.2) is 5.54 Å². The van der Waals surface area contributed by atoms with Crippen molar-refractivity contribution in [1.29, 1.82) is 0 Å². The zero-order valence-corrected chi connectivity index (χ0v) is 18.7. The molecule has 0 saturated heterocycles. The topological polar surface area (TPSA) is 84.1 Å². The molecule has 1 fully saturated rings. The van der Waals surface area contributed by atoms with E-state index in [1.165, 1.54) is 4.90 Å². The van der Waals surface area contributed by atoms with Crippen molar-refractivity contribution in [3.8, 4) is 0 Å². The Kier molecular flexibility index (Phi) is 5.45. The Balaban J connectivity index is 1.75. The highest BCUT2D eigenvalue weighted by Crippen LogP contribution is 2.50. The van der Waals surface area contributed by atoms with Gasteiger partial charge in [-0.1, -0.05) is 97.1 Å². The summed E-state index contributed by atoms with van der Waals surface area (Å²) in [6.07, 6.45) is 1.86. The molecule has 1 aliphatic carbocycles. The number of rotatable bonds is 8. The lowest BCUT2D eigenvalue weighted by molar-refractivity contribution is 0.120. The van der Waals surface area contributed by atoms with Crippen molar-refractivity contribution in [3.63, 3.8) is 0 Å². The van der Waals surface area contributed by atoms with E-state index in [0.29, 0.717) is 18.7 Å². The van der Waals surface area contributed by atoms with Crippen molar-refractivity contribution in [2.75, 3.05) is 6.54 Å². The molecule has 0 unspecified atom stereocenters. The molecule has 1 N–H and O–H groups in total. The van der Waals surface area contributed by atoms with Gasteiger partial charge in [0.05, 0.1) is 0 Å². The summed E-state index contributed by atoms with van der Waals surface area (Å²) < 4.78 is 0. The molecule has 1 saturated carbocycles. The molecule has 7 heteroatoms. The molecule has 5 rings (SSSR count). The Morgan fingerprint density at radius 3 is 1.79 bits per heavy atom. The van der Waals surface area contributed by atoms with E-state index in [-0.39, 0.29) is 6.54 Å². The van der Waals surface area contributed by atoms with Crippen molar-refractivity contribution >= 4 is 6.09 Å². The molecule has 0 bridgehead atoms. The van der Waals surface area contributed by atoms with E-state index < -0.39 is 17.2 Å². The van der Waals surface area contributed by atoms with Crippen LogP contribution in [0.5, 0.6) is 0 Å². The standard InChI is InChI=1S/C27H25N5O2/c1-2-20-31(25(33)34)26(18-19-26)24-28-30-32(29-24)27(21-12-6-3-7-13-21,22-14-8-4-9-15-22)23-16-10-5-11-17-23/h2-17H,1,18-20H2,(H,33,34). The van der Waals surface area contributed by atoms with Crippen LogP contribution in [0.3, 0.4) is 0 Å². The summed E-state index contributed by atoms with van der Waals surface area (Å²) in [5.41, 5.74) is 1.25. The van der Waals surface area contributed by atoms with E-state index >= 15 is 0 Å².